The van der Waals surface area contributed by atoms with Gasteiger partial charge < -0.3 is 4.74 Å². The Bertz CT molecular complexity index is 1050. The van der Waals surface area contributed by atoms with Gasteiger partial charge in [0.15, 0.2) is 6.61 Å². The van der Waals surface area contributed by atoms with Crippen LogP contribution in [0.5, 0.6) is 0 Å². The van der Waals surface area contributed by atoms with Gasteiger partial charge in [0, 0.05) is 12.0 Å². The number of rotatable bonds is 6. The summed E-state index contributed by atoms with van der Waals surface area (Å²) < 4.78 is 4.92. The van der Waals surface area contributed by atoms with Crippen LogP contribution in [0.1, 0.15) is 27.1 Å². The van der Waals surface area contributed by atoms with E-state index in [1.807, 2.05) is 0 Å². The van der Waals surface area contributed by atoms with Gasteiger partial charge in [-0.25, -0.2) is 0 Å². The maximum absolute atomic E-state index is 12.2. The maximum Gasteiger partial charge on any atom is 0.311 e. The van der Waals surface area contributed by atoms with Crippen LogP contribution in [0.3, 0.4) is 0 Å². The van der Waals surface area contributed by atoms with Crippen LogP contribution in [0.15, 0.2) is 54.6 Å². The second-order valence-corrected chi connectivity index (χ2v) is 7.21. The largest absolute Gasteiger partial charge is 0.455 e. The van der Waals surface area contributed by atoms with E-state index in [1.54, 1.807) is 42.5 Å². The van der Waals surface area contributed by atoms with Gasteiger partial charge in [-0.3, -0.25) is 45.3 Å². The van der Waals surface area contributed by atoms with Crippen molar-refractivity contribution in [3.63, 3.8) is 0 Å². The van der Waals surface area contributed by atoms with E-state index < -0.39 is 42.1 Å². The highest BCUT2D eigenvalue weighted by molar-refractivity contribution is 6.33. The molecule has 1 aliphatic rings. The molecule has 0 aliphatic carbocycles. The number of nitrogens with zero attached hydrogens (tertiary/aromatic N) is 1. The maximum atomic E-state index is 12.2. The molecule has 3 N–H and O–H groups in total. The molecule has 1 aliphatic heterocycles. The first kappa shape index (κ1) is 22.8. The molecule has 2 aromatic carbocycles. The summed E-state index contributed by atoms with van der Waals surface area (Å²) in [6, 6.07) is 14.6. The molecule has 3 rings (SSSR count). The highest BCUT2D eigenvalue weighted by atomic mass is 35.5. The van der Waals surface area contributed by atoms with E-state index in [4.69, 9.17) is 16.3 Å². The van der Waals surface area contributed by atoms with Crippen molar-refractivity contribution in [3.05, 3.63) is 70.7 Å². The van der Waals surface area contributed by atoms with Gasteiger partial charge in [-0.2, -0.15) is 0 Å². The van der Waals surface area contributed by atoms with E-state index >= 15 is 0 Å². The predicted octanol–water partition coefficient (Wildman–Crippen LogP) is 0.838. The van der Waals surface area contributed by atoms with Crippen LogP contribution in [0.2, 0.25) is 5.02 Å². The number of hydrogen-bond donors (Lipinski definition) is 3. The molecule has 4 amide bonds. The molecule has 0 spiro atoms. The molecular weight excluding hydrogens is 440 g/mol. The third-order valence-corrected chi connectivity index (χ3v) is 4.84. The van der Waals surface area contributed by atoms with E-state index in [0.717, 1.165) is 5.01 Å². The van der Waals surface area contributed by atoms with Crippen LogP contribution < -0.4 is 16.3 Å². The lowest BCUT2D eigenvalue weighted by molar-refractivity contribution is -0.152. The summed E-state index contributed by atoms with van der Waals surface area (Å²) in [5.41, 5.74) is 7.24. The van der Waals surface area contributed by atoms with Crippen molar-refractivity contribution in [2.75, 3.05) is 13.2 Å². The average molecular weight is 459 g/mol. The van der Waals surface area contributed by atoms with Gasteiger partial charge in [-0.1, -0.05) is 41.9 Å². The number of halogens is 1. The Morgan fingerprint density at radius 2 is 1.66 bits per heavy atom. The number of carbonyl (C=O) groups excluding carboxylic acids is 5. The zero-order valence-corrected chi connectivity index (χ0v) is 17.4. The Morgan fingerprint density at radius 1 is 0.969 bits per heavy atom. The fourth-order valence-corrected chi connectivity index (χ4v) is 3.10. The first-order valence-electron chi connectivity index (χ1n) is 9.52. The van der Waals surface area contributed by atoms with Crippen LogP contribution in [-0.4, -0.2) is 47.8 Å². The first-order valence-corrected chi connectivity index (χ1v) is 9.89. The molecule has 2 aromatic rings. The van der Waals surface area contributed by atoms with Gasteiger partial charge in [-0.05, 0) is 24.3 Å². The van der Waals surface area contributed by atoms with E-state index in [0.29, 0.717) is 5.56 Å². The molecule has 166 valence electrons. The normalized spacial score (nSPS) is 15.1. The molecule has 0 saturated carbocycles. The highest BCUT2D eigenvalue weighted by Gasteiger charge is 2.36. The standard InChI is InChI=1S/C21H19ClN4O6/c22-16-9-5-4-8-15(16)20(30)24-23-17(27)12-32-21(31)14-10-18(28)26(11-14)25-19(29)13-6-2-1-3-7-13/h1-9,14H,10-12H2,(H,23,27)(H,24,30)(H,25,29)/t14-/m1/s1. The zero-order valence-electron chi connectivity index (χ0n) is 16.7. The minimum absolute atomic E-state index is 0.0822. The topological polar surface area (TPSA) is 134 Å². The third-order valence-electron chi connectivity index (χ3n) is 4.51. The van der Waals surface area contributed by atoms with Gasteiger partial charge in [-0.15, -0.1) is 0 Å². The summed E-state index contributed by atoms with van der Waals surface area (Å²) in [4.78, 5) is 60.3. The predicted molar refractivity (Wildman–Crippen MR) is 112 cm³/mol. The van der Waals surface area contributed by atoms with E-state index in [1.165, 1.54) is 12.1 Å². The number of esters is 1. The molecule has 0 unspecified atom stereocenters. The van der Waals surface area contributed by atoms with Crippen LogP contribution in [0.4, 0.5) is 0 Å². The van der Waals surface area contributed by atoms with E-state index in [2.05, 4.69) is 16.3 Å². The first-order chi connectivity index (χ1) is 15.3. The van der Waals surface area contributed by atoms with Gasteiger partial charge in [0.1, 0.15) is 0 Å². The number of hydrazine groups is 2. The second-order valence-electron chi connectivity index (χ2n) is 6.80. The number of hydrogen-bond acceptors (Lipinski definition) is 6. The van der Waals surface area contributed by atoms with Gasteiger partial charge >= 0.3 is 5.97 Å². The van der Waals surface area contributed by atoms with Crippen molar-refractivity contribution in [1.82, 2.24) is 21.3 Å². The zero-order chi connectivity index (χ0) is 23.1. The molecule has 0 bridgehead atoms. The summed E-state index contributed by atoms with van der Waals surface area (Å²) >= 11 is 5.90. The number of ether oxygens (including phenoxy) is 1. The summed E-state index contributed by atoms with van der Waals surface area (Å²) in [6.45, 7) is -0.746. The Labute approximate surface area is 187 Å². The highest BCUT2D eigenvalue weighted by Crippen LogP contribution is 2.18. The molecular formula is C21H19ClN4O6. The Morgan fingerprint density at radius 3 is 2.38 bits per heavy atom. The third kappa shape index (κ3) is 5.82. The minimum Gasteiger partial charge on any atom is -0.455 e. The molecule has 0 radical (unpaired) electrons. The van der Waals surface area contributed by atoms with Crippen LogP contribution >= 0.6 is 11.6 Å². The van der Waals surface area contributed by atoms with Crippen LogP contribution in [0, 0.1) is 5.92 Å². The van der Waals surface area contributed by atoms with Crippen molar-refractivity contribution in [3.8, 4) is 0 Å². The summed E-state index contributed by atoms with van der Waals surface area (Å²) in [6.07, 6.45) is -0.168. The fourth-order valence-electron chi connectivity index (χ4n) is 2.88. The quantitative estimate of drug-likeness (QED) is 0.434. The lowest BCUT2D eigenvalue weighted by atomic mass is 10.1. The van der Waals surface area contributed by atoms with Crippen molar-refractivity contribution in [2.45, 2.75) is 6.42 Å². The van der Waals surface area contributed by atoms with Crippen molar-refractivity contribution < 1.29 is 28.7 Å². The second kappa shape index (κ2) is 10.4. The Kier molecular flexibility index (Phi) is 7.40. The number of amides is 4. The summed E-state index contributed by atoms with van der Waals surface area (Å²) in [7, 11) is 0. The molecule has 32 heavy (non-hydrogen) atoms. The smallest absolute Gasteiger partial charge is 0.311 e. The lowest BCUT2D eigenvalue weighted by Gasteiger charge is -2.17. The summed E-state index contributed by atoms with van der Waals surface area (Å²) in [5.74, 6) is -3.97. The van der Waals surface area contributed by atoms with E-state index in [-0.39, 0.29) is 23.6 Å². The van der Waals surface area contributed by atoms with Gasteiger partial charge in [0.05, 0.1) is 23.0 Å². The molecule has 1 fully saturated rings. The fraction of sp³-hybridized carbons (Fsp3) is 0.190. The molecule has 0 aromatic heterocycles. The molecule has 10 nitrogen and oxygen atoms in total. The minimum atomic E-state index is -0.843. The number of carbonyl (C=O) groups is 5. The number of nitrogens with one attached hydrogen (secondary N) is 3. The number of benzene rings is 2. The van der Waals surface area contributed by atoms with Crippen LogP contribution in [-0.2, 0) is 19.1 Å². The van der Waals surface area contributed by atoms with Gasteiger partial charge in [0.2, 0.25) is 5.91 Å². The molecule has 1 heterocycles. The lowest BCUT2D eigenvalue weighted by Crippen LogP contribution is -2.44. The van der Waals surface area contributed by atoms with Crippen LogP contribution in [0.25, 0.3) is 0 Å². The van der Waals surface area contributed by atoms with Gasteiger partial charge in [0.25, 0.3) is 17.7 Å². The molecule has 11 heteroatoms. The van der Waals surface area contributed by atoms with Crippen molar-refractivity contribution in [1.29, 1.82) is 0 Å². The van der Waals surface area contributed by atoms with Crippen molar-refractivity contribution in [2.24, 2.45) is 5.92 Å². The average Bonchev–Trinajstić information content (AvgIpc) is 3.16. The Hall–Kier alpha value is -3.92. The summed E-state index contributed by atoms with van der Waals surface area (Å²) in [5, 5.41) is 1.26. The Balaban J connectivity index is 1.42. The van der Waals surface area contributed by atoms with Crippen molar-refractivity contribution >= 4 is 41.2 Å². The molecule has 1 saturated heterocycles. The monoisotopic (exact) mass is 458 g/mol. The van der Waals surface area contributed by atoms with E-state index in [9.17, 15) is 24.0 Å². The SMILES string of the molecule is O=C(COC(=O)[C@@H]1CC(=O)N(NC(=O)c2ccccc2)C1)NNC(=O)c1ccccc1Cl. The molecule has 1 atom stereocenters.